The van der Waals surface area contributed by atoms with E-state index in [9.17, 15) is 0 Å². The lowest BCUT2D eigenvalue weighted by Gasteiger charge is -2.29. The third-order valence-corrected chi connectivity index (χ3v) is 4.55. The van der Waals surface area contributed by atoms with Crippen LogP contribution < -0.4 is 4.90 Å². The van der Waals surface area contributed by atoms with Crippen LogP contribution in [-0.2, 0) is 13.1 Å². The molecule has 0 radical (unpaired) electrons. The molecule has 1 aliphatic carbocycles. The minimum absolute atomic E-state index is 0.646. The highest BCUT2D eigenvalue weighted by Crippen LogP contribution is 2.39. The van der Waals surface area contributed by atoms with Gasteiger partial charge < -0.3 is 9.47 Å². The summed E-state index contributed by atoms with van der Waals surface area (Å²) in [6.45, 7) is 2.64. The molecule has 2 aliphatic rings. The van der Waals surface area contributed by atoms with Gasteiger partial charge in [-0.2, -0.15) is 0 Å². The van der Waals surface area contributed by atoms with Gasteiger partial charge in [-0.3, -0.25) is 0 Å². The van der Waals surface area contributed by atoms with Gasteiger partial charge in [0.2, 0.25) is 0 Å². The molecule has 1 fully saturated rings. The van der Waals surface area contributed by atoms with Crippen molar-refractivity contribution in [3.63, 3.8) is 0 Å². The molecule has 110 valence electrons. The standard InChI is InChI=1S/C16H16N6/c1-2-4-13-12(3-1)16(18-10-17-13)21-7-8-22-14(9-21)19-20-15(22)11-5-6-11/h1-4,10-11H,5-9H2. The van der Waals surface area contributed by atoms with E-state index in [1.165, 1.54) is 18.7 Å². The Balaban J connectivity index is 1.53. The predicted molar refractivity (Wildman–Crippen MR) is 82.6 cm³/mol. The first-order valence-electron chi connectivity index (χ1n) is 7.77. The average Bonchev–Trinajstić information content (AvgIpc) is 3.33. The van der Waals surface area contributed by atoms with Crippen molar-refractivity contribution in [3.05, 3.63) is 42.2 Å². The smallest absolute Gasteiger partial charge is 0.152 e. The Morgan fingerprint density at radius 3 is 2.82 bits per heavy atom. The van der Waals surface area contributed by atoms with Crippen LogP contribution in [0.4, 0.5) is 5.82 Å². The second-order valence-electron chi connectivity index (χ2n) is 6.04. The van der Waals surface area contributed by atoms with E-state index in [2.05, 4.69) is 35.7 Å². The lowest BCUT2D eigenvalue weighted by Crippen LogP contribution is -2.35. The first kappa shape index (κ1) is 12.1. The average molecular weight is 292 g/mol. The number of nitrogens with zero attached hydrogens (tertiary/aromatic N) is 6. The van der Waals surface area contributed by atoms with Crippen LogP contribution in [-0.4, -0.2) is 31.3 Å². The topological polar surface area (TPSA) is 59.7 Å². The fourth-order valence-corrected chi connectivity index (χ4v) is 3.25. The molecule has 5 rings (SSSR count). The maximum absolute atomic E-state index is 4.52. The van der Waals surface area contributed by atoms with Crippen LogP contribution in [0.3, 0.4) is 0 Å². The molecule has 0 unspecified atom stereocenters. The molecular weight excluding hydrogens is 276 g/mol. The molecule has 0 spiro atoms. The lowest BCUT2D eigenvalue weighted by atomic mass is 10.2. The number of hydrogen-bond donors (Lipinski definition) is 0. The van der Waals surface area contributed by atoms with Crippen LogP contribution in [0, 0.1) is 0 Å². The number of para-hydroxylation sites is 1. The molecule has 1 saturated carbocycles. The highest BCUT2D eigenvalue weighted by atomic mass is 15.4. The summed E-state index contributed by atoms with van der Waals surface area (Å²) in [5.74, 6) is 3.87. The van der Waals surface area contributed by atoms with Crippen LogP contribution in [0.25, 0.3) is 10.9 Å². The minimum Gasteiger partial charge on any atom is -0.347 e. The van der Waals surface area contributed by atoms with Crippen molar-refractivity contribution in [1.82, 2.24) is 24.7 Å². The van der Waals surface area contributed by atoms with Gasteiger partial charge in [0.15, 0.2) is 5.82 Å². The van der Waals surface area contributed by atoms with Gasteiger partial charge in [-0.05, 0) is 25.0 Å². The largest absolute Gasteiger partial charge is 0.347 e. The van der Waals surface area contributed by atoms with E-state index in [0.717, 1.165) is 42.2 Å². The van der Waals surface area contributed by atoms with Crippen molar-refractivity contribution < 1.29 is 0 Å². The molecule has 6 heteroatoms. The molecule has 0 bridgehead atoms. The third-order valence-electron chi connectivity index (χ3n) is 4.55. The Hall–Kier alpha value is -2.50. The van der Waals surface area contributed by atoms with Crippen molar-refractivity contribution >= 4 is 16.7 Å². The summed E-state index contributed by atoms with van der Waals surface area (Å²) in [7, 11) is 0. The van der Waals surface area contributed by atoms with Crippen molar-refractivity contribution in [2.45, 2.75) is 31.8 Å². The lowest BCUT2D eigenvalue weighted by molar-refractivity contribution is 0.541. The summed E-state index contributed by atoms with van der Waals surface area (Å²) in [6, 6.07) is 8.15. The fourth-order valence-electron chi connectivity index (χ4n) is 3.25. The molecule has 2 aromatic heterocycles. The number of hydrogen-bond acceptors (Lipinski definition) is 5. The molecule has 0 N–H and O–H groups in total. The van der Waals surface area contributed by atoms with E-state index in [-0.39, 0.29) is 0 Å². The quantitative estimate of drug-likeness (QED) is 0.724. The number of rotatable bonds is 2. The normalized spacial score (nSPS) is 17.7. The first-order valence-corrected chi connectivity index (χ1v) is 7.77. The summed E-state index contributed by atoms with van der Waals surface area (Å²) in [5, 5.41) is 9.90. The van der Waals surface area contributed by atoms with Gasteiger partial charge >= 0.3 is 0 Å². The van der Waals surface area contributed by atoms with E-state index in [0.29, 0.717) is 5.92 Å². The molecule has 0 amide bonds. The summed E-state index contributed by atoms with van der Waals surface area (Å²) in [4.78, 5) is 11.1. The molecule has 3 aromatic rings. The second kappa shape index (κ2) is 4.50. The molecule has 0 saturated heterocycles. The zero-order chi connectivity index (χ0) is 14.5. The van der Waals surface area contributed by atoms with Crippen LogP contribution >= 0.6 is 0 Å². The number of benzene rings is 1. The highest BCUT2D eigenvalue weighted by molar-refractivity contribution is 5.89. The Morgan fingerprint density at radius 2 is 1.91 bits per heavy atom. The van der Waals surface area contributed by atoms with Gasteiger partial charge in [0.25, 0.3) is 0 Å². The number of aromatic nitrogens is 5. The van der Waals surface area contributed by atoms with E-state index in [1.807, 2.05) is 18.2 Å². The molecule has 3 heterocycles. The third kappa shape index (κ3) is 1.80. The van der Waals surface area contributed by atoms with E-state index in [1.54, 1.807) is 6.33 Å². The summed E-state index contributed by atoms with van der Waals surface area (Å²) in [6.07, 6.45) is 4.17. The van der Waals surface area contributed by atoms with Crippen molar-refractivity contribution in [3.8, 4) is 0 Å². The Bertz CT molecular complexity index is 845. The van der Waals surface area contributed by atoms with Crippen LogP contribution in [0.1, 0.15) is 30.4 Å². The molecular formula is C16H16N6. The maximum atomic E-state index is 4.52. The molecule has 0 atom stereocenters. The second-order valence-corrected chi connectivity index (χ2v) is 6.04. The molecule has 1 aromatic carbocycles. The minimum atomic E-state index is 0.646. The van der Waals surface area contributed by atoms with Crippen LogP contribution in [0.5, 0.6) is 0 Å². The zero-order valence-electron chi connectivity index (χ0n) is 12.2. The van der Waals surface area contributed by atoms with Gasteiger partial charge in [0.1, 0.15) is 18.0 Å². The van der Waals surface area contributed by atoms with Crippen molar-refractivity contribution in [2.75, 3.05) is 11.4 Å². The molecule has 6 nitrogen and oxygen atoms in total. The van der Waals surface area contributed by atoms with E-state index >= 15 is 0 Å². The fraction of sp³-hybridized carbons (Fsp3) is 0.375. The molecule has 22 heavy (non-hydrogen) atoms. The van der Waals surface area contributed by atoms with Crippen molar-refractivity contribution in [1.29, 1.82) is 0 Å². The summed E-state index contributed by atoms with van der Waals surface area (Å²) < 4.78 is 2.30. The monoisotopic (exact) mass is 292 g/mol. The van der Waals surface area contributed by atoms with E-state index < -0.39 is 0 Å². The maximum Gasteiger partial charge on any atom is 0.152 e. The van der Waals surface area contributed by atoms with Gasteiger partial charge in [-0.25, -0.2) is 9.97 Å². The van der Waals surface area contributed by atoms with Gasteiger partial charge in [-0.15, -0.1) is 10.2 Å². The van der Waals surface area contributed by atoms with E-state index in [4.69, 9.17) is 0 Å². The van der Waals surface area contributed by atoms with Gasteiger partial charge in [0.05, 0.1) is 12.1 Å². The Morgan fingerprint density at radius 1 is 1.00 bits per heavy atom. The zero-order valence-corrected chi connectivity index (χ0v) is 12.2. The number of fused-ring (bicyclic) bond motifs is 2. The predicted octanol–water partition coefficient (Wildman–Crippen LogP) is 2.12. The van der Waals surface area contributed by atoms with Gasteiger partial charge in [0, 0.05) is 24.4 Å². The van der Waals surface area contributed by atoms with Crippen LogP contribution in [0.15, 0.2) is 30.6 Å². The van der Waals surface area contributed by atoms with Gasteiger partial charge in [-0.1, -0.05) is 12.1 Å². The SMILES string of the molecule is c1ccc2c(N3CCn4c(nnc4C4CC4)C3)ncnc2c1. The van der Waals surface area contributed by atoms with Crippen LogP contribution in [0.2, 0.25) is 0 Å². The molecule has 1 aliphatic heterocycles. The van der Waals surface area contributed by atoms with Crippen molar-refractivity contribution in [2.24, 2.45) is 0 Å². The summed E-state index contributed by atoms with van der Waals surface area (Å²) in [5.41, 5.74) is 0.984. The first-order chi connectivity index (χ1) is 10.9. The number of anilines is 1. The Kier molecular flexibility index (Phi) is 2.47. The Labute approximate surface area is 127 Å². The summed E-state index contributed by atoms with van der Waals surface area (Å²) >= 11 is 0. The highest BCUT2D eigenvalue weighted by Gasteiger charge is 2.32.